The molecule has 0 radical (unpaired) electrons. The first-order valence-corrected chi connectivity index (χ1v) is 5.90. The van der Waals surface area contributed by atoms with Gasteiger partial charge in [-0.25, -0.2) is 4.79 Å². The van der Waals surface area contributed by atoms with E-state index in [-0.39, 0.29) is 5.97 Å². The number of esters is 1. The van der Waals surface area contributed by atoms with Crippen molar-refractivity contribution in [3.63, 3.8) is 0 Å². The molecule has 104 valence electrons. The second kappa shape index (κ2) is 6.68. The van der Waals surface area contributed by atoms with Gasteiger partial charge in [0.05, 0.1) is 20.8 Å². The molecule has 2 N–H and O–H groups in total. The van der Waals surface area contributed by atoms with E-state index in [2.05, 4.69) is 0 Å². The molecule has 1 aromatic rings. The minimum absolute atomic E-state index is 0.339. The molecular weight excluding hydrogens is 246 g/mol. The van der Waals surface area contributed by atoms with Crippen molar-refractivity contribution in [3.8, 4) is 11.5 Å². The van der Waals surface area contributed by atoms with Gasteiger partial charge in [-0.15, -0.1) is 0 Å². The summed E-state index contributed by atoms with van der Waals surface area (Å²) in [7, 11) is 3.08. The third-order valence-electron chi connectivity index (χ3n) is 2.56. The number of ether oxygens (including phenoxy) is 3. The first-order valence-electron chi connectivity index (χ1n) is 5.90. The predicted octanol–water partition coefficient (Wildman–Crippen LogP) is 2.25. The summed E-state index contributed by atoms with van der Waals surface area (Å²) >= 11 is 0. The van der Waals surface area contributed by atoms with Crippen molar-refractivity contribution < 1.29 is 19.0 Å². The fourth-order valence-electron chi connectivity index (χ4n) is 1.57. The first kappa shape index (κ1) is 14.9. The van der Waals surface area contributed by atoms with E-state index in [1.165, 1.54) is 7.11 Å². The molecule has 5 nitrogen and oxygen atoms in total. The van der Waals surface area contributed by atoms with Gasteiger partial charge in [0, 0.05) is 22.9 Å². The summed E-state index contributed by atoms with van der Waals surface area (Å²) in [6.45, 7) is 3.77. The molecule has 19 heavy (non-hydrogen) atoms. The zero-order valence-corrected chi connectivity index (χ0v) is 11.6. The van der Waals surface area contributed by atoms with Crippen LogP contribution in [0.15, 0.2) is 17.7 Å². The van der Waals surface area contributed by atoms with Gasteiger partial charge >= 0.3 is 5.97 Å². The van der Waals surface area contributed by atoms with Crippen molar-refractivity contribution in [2.45, 2.75) is 13.8 Å². The highest BCUT2D eigenvalue weighted by atomic mass is 16.5. The highest BCUT2D eigenvalue weighted by Gasteiger charge is 2.10. The average molecular weight is 265 g/mol. The highest BCUT2D eigenvalue weighted by Crippen LogP contribution is 2.32. The number of nitrogen functional groups attached to an aromatic ring is 1. The molecule has 0 bridgehead atoms. The maximum absolute atomic E-state index is 11.5. The molecule has 5 heteroatoms. The lowest BCUT2D eigenvalue weighted by atomic mass is 10.1. The Kier molecular flexibility index (Phi) is 5.23. The van der Waals surface area contributed by atoms with Gasteiger partial charge in [-0.2, -0.15) is 0 Å². The van der Waals surface area contributed by atoms with E-state index in [4.69, 9.17) is 19.9 Å². The van der Waals surface area contributed by atoms with Crippen LogP contribution < -0.4 is 15.2 Å². The standard InChI is InChI=1S/C14H19NO4/c1-5-19-14(16)9(2)6-10-7-12(17-3)13(18-4)8-11(10)15/h6-8H,5,15H2,1-4H3. The molecule has 0 aliphatic carbocycles. The van der Waals surface area contributed by atoms with E-state index in [1.807, 2.05) is 0 Å². The Hall–Kier alpha value is -2.17. The largest absolute Gasteiger partial charge is 0.493 e. The second-order valence-electron chi connectivity index (χ2n) is 3.88. The van der Waals surface area contributed by atoms with E-state index in [9.17, 15) is 4.79 Å². The third kappa shape index (κ3) is 3.64. The van der Waals surface area contributed by atoms with E-state index in [0.717, 1.165) is 0 Å². The van der Waals surface area contributed by atoms with Crippen LogP contribution in [-0.2, 0) is 9.53 Å². The SMILES string of the molecule is CCOC(=O)C(C)=Cc1cc(OC)c(OC)cc1N. The number of nitrogens with two attached hydrogens (primary N) is 1. The van der Waals surface area contributed by atoms with Gasteiger partial charge in [-0.3, -0.25) is 0 Å². The molecule has 0 unspecified atom stereocenters. The molecule has 0 amide bonds. The lowest BCUT2D eigenvalue weighted by Crippen LogP contribution is -2.05. The molecule has 0 heterocycles. The predicted molar refractivity (Wildman–Crippen MR) is 74.2 cm³/mol. The maximum atomic E-state index is 11.5. The van der Waals surface area contributed by atoms with Crippen LogP contribution in [0.3, 0.4) is 0 Å². The summed E-state index contributed by atoms with van der Waals surface area (Å²) < 4.78 is 15.3. The number of anilines is 1. The lowest BCUT2D eigenvalue weighted by Gasteiger charge is -2.11. The van der Waals surface area contributed by atoms with Gasteiger partial charge in [0.2, 0.25) is 0 Å². The first-order chi connectivity index (χ1) is 9.03. The Bertz CT molecular complexity index is 494. The van der Waals surface area contributed by atoms with Gasteiger partial charge in [0.15, 0.2) is 11.5 Å². The molecule has 0 aliphatic heterocycles. The Morgan fingerprint density at radius 3 is 2.37 bits per heavy atom. The summed E-state index contributed by atoms with van der Waals surface area (Å²) in [6.07, 6.45) is 1.66. The molecule has 0 saturated heterocycles. The number of carbonyl (C=O) groups excluding carboxylic acids is 1. The molecule has 0 fully saturated rings. The molecule has 0 spiro atoms. The zero-order chi connectivity index (χ0) is 14.4. The van der Waals surface area contributed by atoms with Crippen molar-refractivity contribution in [3.05, 3.63) is 23.3 Å². The van der Waals surface area contributed by atoms with Crippen LogP contribution >= 0.6 is 0 Å². The van der Waals surface area contributed by atoms with Gasteiger partial charge in [0.25, 0.3) is 0 Å². The smallest absolute Gasteiger partial charge is 0.333 e. The Morgan fingerprint density at radius 1 is 1.26 bits per heavy atom. The molecule has 0 saturated carbocycles. The molecule has 0 atom stereocenters. The molecule has 0 aliphatic rings. The van der Waals surface area contributed by atoms with Crippen molar-refractivity contribution >= 4 is 17.7 Å². The Labute approximate surface area is 113 Å². The van der Waals surface area contributed by atoms with E-state index >= 15 is 0 Å². The number of carbonyl (C=O) groups is 1. The van der Waals surface area contributed by atoms with E-state index in [1.54, 1.807) is 39.2 Å². The minimum Gasteiger partial charge on any atom is -0.493 e. The third-order valence-corrected chi connectivity index (χ3v) is 2.56. The van der Waals surface area contributed by atoms with Crippen LogP contribution in [0.1, 0.15) is 19.4 Å². The van der Waals surface area contributed by atoms with Crippen LogP contribution in [0.4, 0.5) is 5.69 Å². The second-order valence-corrected chi connectivity index (χ2v) is 3.88. The average Bonchev–Trinajstić information content (AvgIpc) is 2.40. The number of benzene rings is 1. The number of hydrogen-bond donors (Lipinski definition) is 1. The Morgan fingerprint density at radius 2 is 1.84 bits per heavy atom. The topological polar surface area (TPSA) is 70.8 Å². The normalized spacial score (nSPS) is 11.1. The summed E-state index contributed by atoms with van der Waals surface area (Å²) in [6, 6.07) is 3.37. The van der Waals surface area contributed by atoms with Gasteiger partial charge in [-0.05, 0) is 26.0 Å². The zero-order valence-electron chi connectivity index (χ0n) is 11.6. The van der Waals surface area contributed by atoms with E-state index < -0.39 is 0 Å². The summed E-state index contributed by atoms with van der Waals surface area (Å²) in [5.74, 6) is 0.738. The van der Waals surface area contributed by atoms with Crippen LogP contribution in [0.5, 0.6) is 11.5 Å². The molecule has 1 rings (SSSR count). The highest BCUT2D eigenvalue weighted by molar-refractivity contribution is 5.94. The molecular formula is C14H19NO4. The summed E-state index contributed by atoms with van der Waals surface area (Å²) in [4.78, 5) is 11.5. The fourth-order valence-corrected chi connectivity index (χ4v) is 1.57. The summed E-state index contributed by atoms with van der Waals surface area (Å²) in [5.41, 5.74) is 7.57. The number of hydrogen-bond acceptors (Lipinski definition) is 5. The molecule has 0 aromatic heterocycles. The monoisotopic (exact) mass is 265 g/mol. The fraction of sp³-hybridized carbons (Fsp3) is 0.357. The quantitative estimate of drug-likeness (QED) is 0.502. The van der Waals surface area contributed by atoms with Crippen molar-refractivity contribution in [2.75, 3.05) is 26.6 Å². The van der Waals surface area contributed by atoms with Gasteiger partial charge < -0.3 is 19.9 Å². The van der Waals surface area contributed by atoms with Crippen molar-refractivity contribution in [1.29, 1.82) is 0 Å². The minimum atomic E-state index is -0.364. The number of methoxy groups -OCH3 is 2. The molecule has 1 aromatic carbocycles. The van der Waals surface area contributed by atoms with Crippen LogP contribution in [0, 0.1) is 0 Å². The van der Waals surface area contributed by atoms with Crippen molar-refractivity contribution in [2.24, 2.45) is 0 Å². The summed E-state index contributed by atoms with van der Waals surface area (Å²) in [5, 5.41) is 0. The van der Waals surface area contributed by atoms with E-state index in [0.29, 0.717) is 34.9 Å². The van der Waals surface area contributed by atoms with Crippen molar-refractivity contribution in [1.82, 2.24) is 0 Å². The van der Waals surface area contributed by atoms with Crippen LogP contribution in [-0.4, -0.2) is 26.8 Å². The van der Waals surface area contributed by atoms with Gasteiger partial charge in [0.1, 0.15) is 0 Å². The van der Waals surface area contributed by atoms with Crippen LogP contribution in [0.2, 0.25) is 0 Å². The Balaban J connectivity index is 3.14. The lowest BCUT2D eigenvalue weighted by molar-refractivity contribution is -0.138. The number of rotatable bonds is 5. The van der Waals surface area contributed by atoms with Crippen LogP contribution in [0.25, 0.3) is 6.08 Å². The maximum Gasteiger partial charge on any atom is 0.333 e. The van der Waals surface area contributed by atoms with Gasteiger partial charge in [-0.1, -0.05) is 0 Å².